The van der Waals surface area contributed by atoms with Crippen LogP contribution in [0.4, 0.5) is 11.4 Å². The lowest BCUT2D eigenvalue weighted by Gasteiger charge is -2.31. The molecular formula is C23H30N6O9. The number of nitrogens with zero attached hydrogens (tertiary/aromatic N) is 3. The number of nitrogens with two attached hydrogens (primary N) is 1. The van der Waals surface area contributed by atoms with Crippen molar-refractivity contribution in [3.8, 4) is 0 Å². The third-order valence-electron chi connectivity index (χ3n) is 5.84. The molecule has 2 rings (SSSR count). The molecule has 5 N–H and O–H groups in total. The molecule has 15 heteroatoms. The number of non-ortho nitro benzene ring substituents is 1. The van der Waals surface area contributed by atoms with Crippen LogP contribution in [0.1, 0.15) is 39.5 Å². The molecule has 206 valence electrons. The number of aliphatic carboxylic acids is 1. The third kappa shape index (κ3) is 7.97. The van der Waals surface area contributed by atoms with Crippen molar-refractivity contribution in [2.45, 2.75) is 57.7 Å². The van der Waals surface area contributed by atoms with Crippen molar-refractivity contribution >= 4 is 46.9 Å². The second kappa shape index (κ2) is 13.1. The van der Waals surface area contributed by atoms with Crippen molar-refractivity contribution in [3.05, 3.63) is 34.4 Å². The molecule has 1 aromatic carbocycles. The maximum Gasteiger partial charge on any atom is 0.303 e. The van der Waals surface area contributed by atoms with Gasteiger partial charge in [-0.1, -0.05) is 0 Å². The van der Waals surface area contributed by atoms with Crippen molar-refractivity contribution < 1.29 is 38.8 Å². The van der Waals surface area contributed by atoms with Gasteiger partial charge in [0, 0.05) is 30.8 Å². The largest absolute Gasteiger partial charge is 0.481 e. The Balaban J connectivity index is 2.10. The smallest absolute Gasteiger partial charge is 0.303 e. The summed E-state index contributed by atoms with van der Waals surface area (Å²) in [5.41, 5.74) is 5.29. The predicted octanol–water partition coefficient (Wildman–Crippen LogP) is -0.722. The van der Waals surface area contributed by atoms with Crippen molar-refractivity contribution in [1.29, 1.82) is 0 Å². The molecule has 1 aliphatic rings. The van der Waals surface area contributed by atoms with E-state index in [0.29, 0.717) is 6.42 Å². The minimum absolute atomic E-state index is 0.188. The first-order valence-corrected chi connectivity index (χ1v) is 11.8. The van der Waals surface area contributed by atoms with E-state index in [4.69, 9.17) is 10.8 Å². The van der Waals surface area contributed by atoms with E-state index in [-0.39, 0.29) is 30.8 Å². The van der Waals surface area contributed by atoms with E-state index in [2.05, 4.69) is 10.6 Å². The number of nitro groups is 1. The molecule has 0 saturated carbocycles. The predicted molar refractivity (Wildman–Crippen MR) is 131 cm³/mol. The topological polar surface area (TPSA) is 222 Å². The van der Waals surface area contributed by atoms with E-state index in [1.807, 2.05) is 0 Å². The van der Waals surface area contributed by atoms with Crippen LogP contribution in [0.2, 0.25) is 0 Å². The normalized spacial score (nSPS) is 16.2. The summed E-state index contributed by atoms with van der Waals surface area (Å²) in [6.45, 7) is 2.48. The average Bonchev–Trinajstić information content (AvgIpc) is 3.35. The Morgan fingerprint density at radius 1 is 1.11 bits per heavy atom. The molecule has 5 amide bonds. The number of benzene rings is 1. The van der Waals surface area contributed by atoms with Gasteiger partial charge >= 0.3 is 5.97 Å². The molecule has 0 aliphatic carbocycles. The SMILES string of the molecule is C[C@H](NC(=O)CCC(=O)O)C(=O)N[C@@H](C)C(=O)N1CCC[C@H]1C(=O)N(CC(N)=O)c1ccc([N+](=O)[O-])cc1. The summed E-state index contributed by atoms with van der Waals surface area (Å²) < 4.78 is 0. The number of anilines is 1. The maximum atomic E-state index is 13.4. The van der Waals surface area contributed by atoms with Gasteiger partial charge in [0.1, 0.15) is 24.7 Å². The highest BCUT2D eigenvalue weighted by Gasteiger charge is 2.39. The number of carboxylic acids is 1. The first-order valence-electron chi connectivity index (χ1n) is 11.8. The monoisotopic (exact) mass is 534 g/mol. The molecule has 1 aromatic rings. The first-order chi connectivity index (χ1) is 17.8. The number of carbonyl (C=O) groups excluding carboxylic acids is 5. The van der Waals surface area contributed by atoms with Gasteiger partial charge < -0.3 is 31.3 Å². The van der Waals surface area contributed by atoms with Crippen LogP contribution in [-0.4, -0.2) is 81.6 Å². The lowest BCUT2D eigenvalue weighted by atomic mass is 10.1. The minimum atomic E-state index is -1.16. The molecule has 1 saturated heterocycles. The van der Waals surface area contributed by atoms with Crippen LogP contribution in [0.25, 0.3) is 0 Å². The average molecular weight is 535 g/mol. The second-order valence-corrected chi connectivity index (χ2v) is 8.77. The van der Waals surface area contributed by atoms with E-state index >= 15 is 0 Å². The Morgan fingerprint density at radius 2 is 1.74 bits per heavy atom. The zero-order valence-electron chi connectivity index (χ0n) is 20.9. The highest BCUT2D eigenvalue weighted by Crippen LogP contribution is 2.25. The fraction of sp³-hybridized carbons (Fsp3) is 0.478. The Labute approximate surface area is 217 Å². The van der Waals surface area contributed by atoms with Crippen LogP contribution in [-0.2, 0) is 28.8 Å². The number of hydrogen-bond acceptors (Lipinski definition) is 8. The Bertz CT molecular complexity index is 1110. The number of nitro benzene ring substituents is 1. The van der Waals surface area contributed by atoms with Gasteiger partial charge in [0.2, 0.25) is 29.5 Å². The number of primary amides is 1. The molecule has 1 aliphatic heterocycles. The van der Waals surface area contributed by atoms with Gasteiger partial charge in [0.25, 0.3) is 5.69 Å². The Morgan fingerprint density at radius 3 is 2.29 bits per heavy atom. The molecule has 0 bridgehead atoms. The molecule has 38 heavy (non-hydrogen) atoms. The molecule has 3 atom stereocenters. The van der Waals surface area contributed by atoms with Crippen LogP contribution in [0.15, 0.2) is 24.3 Å². The van der Waals surface area contributed by atoms with Crippen LogP contribution in [0.5, 0.6) is 0 Å². The van der Waals surface area contributed by atoms with E-state index in [9.17, 15) is 38.9 Å². The number of carboxylic acid groups (broad SMARTS) is 1. The summed E-state index contributed by atoms with van der Waals surface area (Å²) in [5, 5.41) is 24.4. The van der Waals surface area contributed by atoms with E-state index in [1.165, 1.54) is 43.0 Å². The van der Waals surface area contributed by atoms with Crippen LogP contribution < -0.4 is 21.3 Å². The minimum Gasteiger partial charge on any atom is -0.481 e. The summed E-state index contributed by atoms with van der Waals surface area (Å²) in [6, 6.07) is 1.86. The lowest BCUT2D eigenvalue weighted by Crippen LogP contribution is -2.56. The molecule has 0 unspecified atom stereocenters. The van der Waals surface area contributed by atoms with Gasteiger partial charge in [-0.3, -0.25) is 38.9 Å². The van der Waals surface area contributed by atoms with Gasteiger partial charge in [-0.15, -0.1) is 0 Å². The van der Waals surface area contributed by atoms with E-state index < -0.39 is 71.5 Å². The van der Waals surface area contributed by atoms with Crippen molar-refractivity contribution in [2.24, 2.45) is 5.73 Å². The van der Waals surface area contributed by atoms with Gasteiger partial charge in [-0.25, -0.2) is 0 Å². The quantitative estimate of drug-likeness (QED) is 0.196. The molecule has 1 heterocycles. The van der Waals surface area contributed by atoms with Crippen molar-refractivity contribution in [2.75, 3.05) is 18.0 Å². The van der Waals surface area contributed by atoms with E-state index in [1.54, 1.807) is 0 Å². The van der Waals surface area contributed by atoms with Crippen LogP contribution in [0, 0.1) is 10.1 Å². The van der Waals surface area contributed by atoms with Gasteiger partial charge in [0.15, 0.2) is 0 Å². The van der Waals surface area contributed by atoms with Gasteiger partial charge in [-0.2, -0.15) is 0 Å². The lowest BCUT2D eigenvalue weighted by molar-refractivity contribution is -0.384. The molecule has 0 radical (unpaired) electrons. The highest BCUT2D eigenvalue weighted by molar-refractivity contribution is 6.03. The summed E-state index contributed by atoms with van der Waals surface area (Å²) >= 11 is 0. The Kier molecular flexibility index (Phi) is 10.2. The molecule has 0 aromatic heterocycles. The number of nitrogens with one attached hydrogen (secondary N) is 2. The van der Waals surface area contributed by atoms with Gasteiger partial charge in [0.05, 0.1) is 11.3 Å². The molecule has 0 spiro atoms. The maximum absolute atomic E-state index is 13.4. The summed E-state index contributed by atoms with van der Waals surface area (Å²) in [6.07, 6.45) is 0.0503. The highest BCUT2D eigenvalue weighted by atomic mass is 16.6. The summed E-state index contributed by atoms with van der Waals surface area (Å²) in [4.78, 5) is 85.7. The molecular weight excluding hydrogens is 504 g/mol. The van der Waals surface area contributed by atoms with E-state index in [0.717, 1.165) is 4.90 Å². The number of carbonyl (C=O) groups is 6. The van der Waals surface area contributed by atoms with Crippen LogP contribution >= 0.6 is 0 Å². The third-order valence-corrected chi connectivity index (χ3v) is 5.84. The fourth-order valence-corrected chi connectivity index (χ4v) is 3.92. The summed E-state index contributed by atoms with van der Waals surface area (Å²) in [5.74, 6) is -4.48. The number of amides is 5. The summed E-state index contributed by atoms with van der Waals surface area (Å²) in [7, 11) is 0. The molecule has 1 fully saturated rings. The second-order valence-electron chi connectivity index (χ2n) is 8.77. The Hall–Kier alpha value is -4.56. The van der Waals surface area contributed by atoms with Gasteiger partial charge in [-0.05, 0) is 38.8 Å². The van der Waals surface area contributed by atoms with Crippen molar-refractivity contribution in [3.63, 3.8) is 0 Å². The molecule has 15 nitrogen and oxygen atoms in total. The number of rotatable bonds is 12. The van der Waals surface area contributed by atoms with Crippen LogP contribution in [0.3, 0.4) is 0 Å². The van der Waals surface area contributed by atoms with Crippen molar-refractivity contribution in [1.82, 2.24) is 15.5 Å². The zero-order chi connectivity index (χ0) is 28.6. The number of hydrogen-bond donors (Lipinski definition) is 4. The first kappa shape index (κ1) is 29.7. The fourth-order valence-electron chi connectivity index (χ4n) is 3.92. The number of likely N-dealkylation sites (tertiary alicyclic amines) is 1. The zero-order valence-corrected chi connectivity index (χ0v) is 20.9. The standard InChI is InChI=1S/C23H30N6O9/c1-13(25-19(31)9-10-20(32)33)21(34)26-14(2)22(35)27-11-3-4-17(27)23(36)28(12-18(24)30)15-5-7-16(8-6-15)29(37)38/h5-8,13-14,17H,3-4,9-12H2,1-2H3,(H2,24,30)(H,25,31)(H,26,34)(H,32,33)/t13-,14-,17-/m0/s1.